The number of hydrogen-bond donors (Lipinski definition) is 2. The van der Waals surface area contributed by atoms with E-state index in [0.29, 0.717) is 24.7 Å². The molecule has 0 aliphatic carbocycles. The van der Waals surface area contributed by atoms with Crippen LogP contribution < -0.4 is 11.1 Å². The van der Waals surface area contributed by atoms with E-state index in [9.17, 15) is 9.59 Å². The molecule has 0 saturated carbocycles. The highest BCUT2D eigenvalue weighted by atomic mass is 35.5. The molecule has 112 valence electrons. The molecule has 1 unspecified atom stereocenters. The maximum absolute atomic E-state index is 12.2. The first-order valence-electron chi connectivity index (χ1n) is 6.24. The van der Waals surface area contributed by atoms with Crippen molar-refractivity contribution in [3.63, 3.8) is 0 Å². The Morgan fingerprint density at radius 3 is 2.58 bits per heavy atom. The summed E-state index contributed by atoms with van der Waals surface area (Å²) in [4.78, 5) is 25.9. The molecule has 1 aliphatic heterocycles. The first-order valence-corrected chi connectivity index (χ1v) is 7.40. The van der Waals surface area contributed by atoms with Crippen molar-refractivity contribution in [2.75, 3.05) is 24.7 Å². The summed E-state index contributed by atoms with van der Waals surface area (Å²) < 4.78 is 0. The van der Waals surface area contributed by atoms with E-state index in [1.54, 1.807) is 16.7 Å². The van der Waals surface area contributed by atoms with E-state index in [2.05, 4.69) is 5.32 Å². The quantitative estimate of drug-likeness (QED) is 0.754. The van der Waals surface area contributed by atoms with Gasteiger partial charge in [0.1, 0.15) is 6.04 Å². The van der Waals surface area contributed by atoms with Crippen molar-refractivity contribution in [1.29, 1.82) is 0 Å². The Bertz CT molecular complexity index is 321. The van der Waals surface area contributed by atoms with Gasteiger partial charge in [0.2, 0.25) is 11.8 Å². The van der Waals surface area contributed by atoms with Crippen LogP contribution in [0.25, 0.3) is 0 Å². The Morgan fingerprint density at radius 1 is 1.42 bits per heavy atom. The zero-order chi connectivity index (χ0) is 13.8. The van der Waals surface area contributed by atoms with Gasteiger partial charge >= 0.3 is 0 Å². The third-order valence-electron chi connectivity index (χ3n) is 2.77. The molecule has 1 aliphatic rings. The number of amides is 2. The molecule has 5 nitrogen and oxygen atoms in total. The van der Waals surface area contributed by atoms with E-state index >= 15 is 0 Å². The number of carbonyl (C=O) groups excluding carboxylic acids is 2. The van der Waals surface area contributed by atoms with E-state index in [1.807, 2.05) is 20.8 Å². The maximum atomic E-state index is 12.2. The Kier molecular flexibility index (Phi) is 7.78. The van der Waals surface area contributed by atoms with Crippen molar-refractivity contribution >= 4 is 36.0 Å². The molecule has 1 atom stereocenters. The van der Waals surface area contributed by atoms with E-state index in [1.165, 1.54) is 0 Å². The third kappa shape index (κ3) is 5.20. The van der Waals surface area contributed by atoms with Crippen molar-refractivity contribution in [2.45, 2.75) is 33.2 Å². The number of nitrogens with two attached hydrogens (primary N) is 1. The van der Waals surface area contributed by atoms with Crippen molar-refractivity contribution in [2.24, 2.45) is 11.1 Å². The molecule has 0 spiro atoms. The number of halogens is 1. The van der Waals surface area contributed by atoms with Gasteiger partial charge in [0.05, 0.1) is 5.88 Å². The Balaban J connectivity index is 0.00000324. The zero-order valence-electron chi connectivity index (χ0n) is 11.8. The first-order chi connectivity index (χ1) is 8.38. The summed E-state index contributed by atoms with van der Waals surface area (Å²) in [6.07, 6.45) is 0.763. The van der Waals surface area contributed by atoms with Crippen LogP contribution in [0.4, 0.5) is 0 Å². The SMILES string of the molecule is CC(C)(C)C(=O)N1CSCC1C(=O)NCCCN.Cl. The highest BCUT2D eigenvalue weighted by Crippen LogP contribution is 2.27. The predicted molar refractivity (Wildman–Crippen MR) is 81.3 cm³/mol. The third-order valence-corrected chi connectivity index (χ3v) is 3.78. The lowest BCUT2D eigenvalue weighted by Gasteiger charge is -2.29. The molecule has 1 heterocycles. The van der Waals surface area contributed by atoms with Gasteiger partial charge in [-0.15, -0.1) is 24.2 Å². The minimum absolute atomic E-state index is 0. The Morgan fingerprint density at radius 2 is 2.05 bits per heavy atom. The van der Waals surface area contributed by atoms with Crippen LogP contribution in [-0.2, 0) is 9.59 Å². The summed E-state index contributed by atoms with van der Waals surface area (Å²) in [5.74, 6) is 1.25. The van der Waals surface area contributed by atoms with Gasteiger partial charge in [0.25, 0.3) is 0 Å². The van der Waals surface area contributed by atoms with Crippen LogP contribution in [-0.4, -0.2) is 47.5 Å². The molecule has 0 aromatic rings. The molecule has 1 saturated heterocycles. The molecule has 1 fully saturated rings. The fourth-order valence-electron chi connectivity index (χ4n) is 1.72. The molecule has 2 amide bonds. The van der Waals surface area contributed by atoms with Gasteiger partial charge in [-0.2, -0.15) is 0 Å². The second kappa shape index (κ2) is 7.97. The molecule has 7 heteroatoms. The number of rotatable bonds is 4. The normalized spacial score (nSPS) is 18.9. The van der Waals surface area contributed by atoms with Gasteiger partial charge in [0, 0.05) is 17.7 Å². The van der Waals surface area contributed by atoms with Crippen LogP contribution in [0.5, 0.6) is 0 Å². The highest BCUT2D eigenvalue weighted by molar-refractivity contribution is 7.99. The standard InChI is InChI=1S/C12H23N3O2S.ClH/c1-12(2,3)11(17)15-8-18-7-9(15)10(16)14-6-4-5-13;/h9H,4-8,13H2,1-3H3,(H,14,16);1H. The summed E-state index contributed by atoms with van der Waals surface area (Å²) in [6, 6.07) is -0.334. The summed E-state index contributed by atoms with van der Waals surface area (Å²) in [5, 5.41) is 2.84. The lowest BCUT2D eigenvalue weighted by Crippen LogP contribution is -2.50. The lowest BCUT2D eigenvalue weighted by molar-refractivity contribution is -0.144. The fraction of sp³-hybridized carbons (Fsp3) is 0.833. The van der Waals surface area contributed by atoms with Gasteiger partial charge in [-0.05, 0) is 13.0 Å². The van der Waals surface area contributed by atoms with Crippen LogP contribution in [0.1, 0.15) is 27.2 Å². The average molecular weight is 310 g/mol. The van der Waals surface area contributed by atoms with Crippen molar-refractivity contribution < 1.29 is 9.59 Å². The molecule has 0 radical (unpaired) electrons. The van der Waals surface area contributed by atoms with Gasteiger partial charge in [-0.25, -0.2) is 0 Å². The van der Waals surface area contributed by atoms with Crippen molar-refractivity contribution in [1.82, 2.24) is 10.2 Å². The Hall–Kier alpha value is -0.460. The van der Waals surface area contributed by atoms with Crippen LogP contribution >= 0.6 is 24.2 Å². The molecular weight excluding hydrogens is 286 g/mol. The summed E-state index contributed by atoms with van der Waals surface area (Å²) in [5.41, 5.74) is 4.94. The number of hydrogen-bond acceptors (Lipinski definition) is 4. The number of nitrogens with zero attached hydrogens (tertiary/aromatic N) is 1. The second-order valence-corrected chi connectivity index (χ2v) is 6.47. The molecular formula is C12H24ClN3O2S. The van der Waals surface area contributed by atoms with Crippen molar-refractivity contribution in [3.05, 3.63) is 0 Å². The number of carbonyl (C=O) groups is 2. The molecule has 19 heavy (non-hydrogen) atoms. The van der Waals surface area contributed by atoms with E-state index in [-0.39, 0.29) is 30.3 Å². The largest absolute Gasteiger partial charge is 0.354 e. The van der Waals surface area contributed by atoms with Gasteiger partial charge < -0.3 is 16.0 Å². The lowest BCUT2D eigenvalue weighted by atomic mass is 9.94. The van der Waals surface area contributed by atoms with Gasteiger partial charge in [0.15, 0.2) is 0 Å². The summed E-state index contributed by atoms with van der Waals surface area (Å²) >= 11 is 1.62. The second-order valence-electron chi connectivity index (χ2n) is 5.47. The summed E-state index contributed by atoms with van der Waals surface area (Å²) in [7, 11) is 0. The molecule has 0 aromatic heterocycles. The van der Waals surface area contributed by atoms with Gasteiger partial charge in [-0.3, -0.25) is 9.59 Å². The van der Waals surface area contributed by atoms with Crippen molar-refractivity contribution in [3.8, 4) is 0 Å². The fourth-order valence-corrected chi connectivity index (χ4v) is 2.88. The molecule has 1 rings (SSSR count). The average Bonchev–Trinajstić information content (AvgIpc) is 2.75. The number of nitrogens with one attached hydrogen (secondary N) is 1. The first kappa shape index (κ1) is 18.5. The van der Waals surface area contributed by atoms with Crippen LogP contribution in [0.3, 0.4) is 0 Å². The topological polar surface area (TPSA) is 75.4 Å². The minimum Gasteiger partial charge on any atom is -0.354 e. The van der Waals surface area contributed by atoms with Crippen LogP contribution in [0, 0.1) is 5.41 Å². The predicted octanol–water partition coefficient (Wildman–Crippen LogP) is 0.821. The molecule has 0 aromatic carbocycles. The summed E-state index contributed by atoms with van der Waals surface area (Å²) in [6.45, 7) is 6.77. The van der Waals surface area contributed by atoms with Gasteiger partial charge in [-0.1, -0.05) is 20.8 Å². The minimum atomic E-state index is -0.444. The zero-order valence-corrected chi connectivity index (χ0v) is 13.4. The van der Waals surface area contributed by atoms with E-state index < -0.39 is 5.41 Å². The monoisotopic (exact) mass is 309 g/mol. The van der Waals surface area contributed by atoms with Crippen LogP contribution in [0.15, 0.2) is 0 Å². The maximum Gasteiger partial charge on any atom is 0.243 e. The van der Waals surface area contributed by atoms with Crippen LogP contribution in [0.2, 0.25) is 0 Å². The molecule has 0 bridgehead atoms. The highest BCUT2D eigenvalue weighted by Gasteiger charge is 2.38. The van der Waals surface area contributed by atoms with E-state index in [0.717, 1.165) is 6.42 Å². The smallest absolute Gasteiger partial charge is 0.243 e. The Labute approximate surface area is 125 Å². The van der Waals surface area contributed by atoms with E-state index in [4.69, 9.17) is 5.73 Å². The molecule has 3 N–H and O–H groups in total. The number of thioether (sulfide) groups is 1.